The third kappa shape index (κ3) is 3.93. The summed E-state index contributed by atoms with van der Waals surface area (Å²) < 4.78 is 11.2. The van der Waals surface area contributed by atoms with Crippen LogP contribution in [0.4, 0.5) is 4.79 Å². The predicted molar refractivity (Wildman–Crippen MR) is 102 cm³/mol. The van der Waals surface area contributed by atoms with Gasteiger partial charge in [-0.15, -0.1) is 0 Å². The molecule has 1 aliphatic heterocycles. The van der Waals surface area contributed by atoms with E-state index in [0.29, 0.717) is 13.2 Å². The van der Waals surface area contributed by atoms with Crippen LogP contribution in [0.2, 0.25) is 0 Å². The SMILES string of the molecule is COc1ccccc1[C@@H](C)N(C)C(=O)NC[C@@H]1COc2ccccc2C1. The van der Waals surface area contributed by atoms with Crippen molar-refractivity contribution in [3.8, 4) is 11.5 Å². The molecule has 0 aliphatic carbocycles. The van der Waals surface area contributed by atoms with Gasteiger partial charge in [-0.2, -0.15) is 0 Å². The zero-order valence-corrected chi connectivity index (χ0v) is 15.6. The minimum Gasteiger partial charge on any atom is -0.496 e. The van der Waals surface area contributed by atoms with Gasteiger partial charge in [0.15, 0.2) is 0 Å². The molecule has 2 atom stereocenters. The predicted octanol–water partition coefficient (Wildman–Crippen LogP) is 3.65. The van der Waals surface area contributed by atoms with Crippen LogP contribution in [-0.4, -0.2) is 38.2 Å². The lowest BCUT2D eigenvalue weighted by Gasteiger charge is -2.29. The van der Waals surface area contributed by atoms with Gasteiger partial charge in [0.25, 0.3) is 0 Å². The third-order valence-corrected chi connectivity index (χ3v) is 4.99. The van der Waals surface area contributed by atoms with Crippen LogP contribution in [0.25, 0.3) is 0 Å². The zero-order chi connectivity index (χ0) is 18.5. The Hall–Kier alpha value is -2.69. The van der Waals surface area contributed by atoms with E-state index in [9.17, 15) is 4.79 Å². The van der Waals surface area contributed by atoms with Gasteiger partial charge in [-0.3, -0.25) is 0 Å². The number of para-hydroxylation sites is 2. The summed E-state index contributed by atoms with van der Waals surface area (Å²) >= 11 is 0. The number of fused-ring (bicyclic) bond motifs is 1. The van der Waals surface area contributed by atoms with Crippen molar-refractivity contribution < 1.29 is 14.3 Å². The van der Waals surface area contributed by atoms with Gasteiger partial charge in [0, 0.05) is 25.1 Å². The number of nitrogens with one attached hydrogen (secondary N) is 1. The highest BCUT2D eigenvalue weighted by atomic mass is 16.5. The molecular formula is C21H26N2O3. The molecule has 2 aromatic carbocycles. The van der Waals surface area contributed by atoms with Crippen molar-refractivity contribution in [2.75, 3.05) is 27.3 Å². The highest BCUT2D eigenvalue weighted by Crippen LogP contribution is 2.28. The van der Waals surface area contributed by atoms with E-state index < -0.39 is 0 Å². The number of benzene rings is 2. The summed E-state index contributed by atoms with van der Waals surface area (Å²) in [7, 11) is 3.45. The highest BCUT2D eigenvalue weighted by molar-refractivity contribution is 5.74. The first-order chi connectivity index (χ1) is 12.6. The molecule has 26 heavy (non-hydrogen) atoms. The van der Waals surface area contributed by atoms with E-state index in [0.717, 1.165) is 23.5 Å². The second-order valence-corrected chi connectivity index (χ2v) is 6.70. The van der Waals surface area contributed by atoms with Crippen LogP contribution >= 0.6 is 0 Å². The van der Waals surface area contributed by atoms with Gasteiger partial charge < -0.3 is 19.7 Å². The number of rotatable bonds is 5. The molecule has 0 saturated carbocycles. The fourth-order valence-electron chi connectivity index (χ4n) is 3.27. The summed E-state index contributed by atoms with van der Waals surface area (Å²) in [5.41, 5.74) is 2.19. The monoisotopic (exact) mass is 354 g/mol. The van der Waals surface area contributed by atoms with Crippen molar-refractivity contribution in [2.45, 2.75) is 19.4 Å². The quantitative estimate of drug-likeness (QED) is 0.892. The molecule has 0 bridgehead atoms. The summed E-state index contributed by atoms with van der Waals surface area (Å²) in [5.74, 6) is 2.03. The second kappa shape index (κ2) is 8.13. The molecular weight excluding hydrogens is 328 g/mol. The Morgan fingerprint density at radius 3 is 2.81 bits per heavy atom. The smallest absolute Gasteiger partial charge is 0.317 e. The van der Waals surface area contributed by atoms with E-state index in [1.165, 1.54) is 5.56 Å². The lowest BCUT2D eigenvalue weighted by molar-refractivity contribution is 0.183. The van der Waals surface area contributed by atoms with Crippen molar-refractivity contribution in [1.82, 2.24) is 10.2 Å². The van der Waals surface area contributed by atoms with Crippen LogP contribution < -0.4 is 14.8 Å². The van der Waals surface area contributed by atoms with E-state index in [2.05, 4.69) is 11.4 Å². The van der Waals surface area contributed by atoms with Gasteiger partial charge in [-0.1, -0.05) is 36.4 Å². The van der Waals surface area contributed by atoms with Crippen LogP contribution in [-0.2, 0) is 6.42 Å². The molecule has 0 saturated heterocycles. The summed E-state index contributed by atoms with van der Waals surface area (Å²) in [5, 5.41) is 3.04. The maximum Gasteiger partial charge on any atom is 0.317 e. The number of hydrogen-bond donors (Lipinski definition) is 1. The van der Waals surface area contributed by atoms with Crippen LogP contribution in [0.1, 0.15) is 24.1 Å². The molecule has 0 spiro atoms. The number of nitrogens with zero attached hydrogens (tertiary/aromatic N) is 1. The first-order valence-electron chi connectivity index (χ1n) is 8.94. The van der Waals surface area contributed by atoms with E-state index in [1.807, 2.05) is 49.4 Å². The fourth-order valence-corrected chi connectivity index (χ4v) is 3.27. The number of hydrogen-bond acceptors (Lipinski definition) is 3. The van der Waals surface area contributed by atoms with Crippen LogP contribution in [0.3, 0.4) is 0 Å². The van der Waals surface area contributed by atoms with Crippen LogP contribution in [0.15, 0.2) is 48.5 Å². The molecule has 1 aliphatic rings. The average molecular weight is 354 g/mol. The summed E-state index contributed by atoms with van der Waals surface area (Å²) in [4.78, 5) is 14.3. The summed E-state index contributed by atoms with van der Waals surface area (Å²) in [6.07, 6.45) is 0.919. The molecule has 138 valence electrons. The molecule has 0 radical (unpaired) electrons. The minimum absolute atomic E-state index is 0.0884. The molecule has 1 heterocycles. The topological polar surface area (TPSA) is 50.8 Å². The molecule has 5 nitrogen and oxygen atoms in total. The first-order valence-corrected chi connectivity index (χ1v) is 8.94. The van der Waals surface area contributed by atoms with Gasteiger partial charge >= 0.3 is 6.03 Å². The molecule has 1 N–H and O–H groups in total. The lowest BCUT2D eigenvalue weighted by Crippen LogP contribution is -2.42. The van der Waals surface area contributed by atoms with Gasteiger partial charge in [0.2, 0.25) is 0 Å². The Morgan fingerprint density at radius 1 is 1.27 bits per heavy atom. The Balaban J connectivity index is 1.56. The highest BCUT2D eigenvalue weighted by Gasteiger charge is 2.23. The average Bonchev–Trinajstić information content (AvgIpc) is 2.70. The summed E-state index contributed by atoms with van der Waals surface area (Å²) in [6.45, 7) is 3.22. The molecule has 2 aromatic rings. The van der Waals surface area contributed by atoms with Crippen LogP contribution in [0, 0.1) is 5.92 Å². The van der Waals surface area contributed by atoms with Gasteiger partial charge in [0.1, 0.15) is 11.5 Å². The van der Waals surface area contributed by atoms with Crippen molar-refractivity contribution >= 4 is 6.03 Å². The van der Waals surface area contributed by atoms with Gasteiger partial charge in [-0.25, -0.2) is 4.79 Å². The fraction of sp³-hybridized carbons (Fsp3) is 0.381. The molecule has 0 unspecified atom stereocenters. The molecule has 0 aromatic heterocycles. The number of ether oxygens (including phenoxy) is 2. The second-order valence-electron chi connectivity index (χ2n) is 6.70. The van der Waals surface area contributed by atoms with Crippen molar-refractivity contribution in [1.29, 1.82) is 0 Å². The Morgan fingerprint density at radius 2 is 2.00 bits per heavy atom. The lowest BCUT2D eigenvalue weighted by atomic mass is 9.97. The Labute approximate surface area is 154 Å². The van der Waals surface area contributed by atoms with Gasteiger partial charge in [0.05, 0.1) is 19.8 Å². The molecule has 0 fully saturated rings. The summed E-state index contributed by atoms with van der Waals surface area (Å²) in [6, 6.07) is 15.7. The molecule has 5 heteroatoms. The minimum atomic E-state index is -0.0951. The molecule has 3 rings (SSSR count). The largest absolute Gasteiger partial charge is 0.496 e. The van der Waals surface area contributed by atoms with E-state index in [1.54, 1.807) is 19.1 Å². The van der Waals surface area contributed by atoms with Gasteiger partial charge in [-0.05, 0) is 31.0 Å². The number of carbonyl (C=O) groups excluding carboxylic acids is 1. The Kier molecular flexibility index (Phi) is 5.66. The van der Waals surface area contributed by atoms with E-state index in [4.69, 9.17) is 9.47 Å². The number of methoxy groups -OCH3 is 1. The van der Waals surface area contributed by atoms with Crippen molar-refractivity contribution in [3.05, 3.63) is 59.7 Å². The first kappa shape index (κ1) is 18.1. The van der Waals surface area contributed by atoms with E-state index in [-0.39, 0.29) is 18.0 Å². The third-order valence-electron chi connectivity index (χ3n) is 4.99. The maximum absolute atomic E-state index is 12.6. The zero-order valence-electron chi connectivity index (χ0n) is 15.6. The molecule has 2 amide bonds. The number of carbonyl (C=O) groups is 1. The Bertz CT molecular complexity index is 762. The van der Waals surface area contributed by atoms with Crippen LogP contribution in [0.5, 0.6) is 11.5 Å². The standard InChI is InChI=1S/C21H26N2O3/c1-15(18-9-5-7-11-20(18)25-3)23(2)21(24)22-13-16-12-17-8-4-6-10-19(17)26-14-16/h4-11,15-16H,12-14H2,1-3H3,(H,22,24)/t15-,16-/m1/s1. The number of urea groups is 1. The number of amides is 2. The van der Waals surface area contributed by atoms with Crippen molar-refractivity contribution in [3.63, 3.8) is 0 Å². The maximum atomic E-state index is 12.6. The normalized spacial score (nSPS) is 16.8. The van der Waals surface area contributed by atoms with E-state index >= 15 is 0 Å². The van der Waals surface area contributed by atoms with Crippen molar-refractivity contribution in [2.24, 2.45) is 5.92 Å².